The van der Waals surface area contributed by atoms with Crippen molar-refractivity contribution < 1.29 is 4.79 Å². The number of aryl methyl sites for hydroxylation is 1. The summed E-state index contributed by atoms with van der Waals surface area (Å²) in [6, 6.07) is 15.9. The number of hydrogen-bond donors (Lipinski definition) is 0. The molecule has 2 aromatic heterocycles. The van der Waals surface area contributed by atoms with Gasteiger partial charge in [0.1, 0.15) is 5.69 Å². The Morgan fingerprint density at radius 1 is 1.00 bits per heavy atom. The molecule has 6 nitrogen and oxygen atoms in total. The number of carbonyl (C=O) groups excluding carboxylic acids is 1. The molecule has 4 rings (SSSR count). The second-order valence-corrected chi connectivity index (χ2v) is 6.82. The molecule has 3 heterocycles. The van der Waals surface area contributed by atoms with E-state index in [1.165, 1.54) is 0 Å². The number of pyridine rings is 1. The first kappa shape index (κ1) is 17.4. The Morgan fingerprint density at radius 2 is 1.74 bits per heavy atom. The molecule has 1 saturated heterocycles. The molecule has 0 spiro atoms. The minimum absolute atomic E-state index is 0.0550. The number of piperazine rings is 1. The van der Waals surface area contributed by atoms with E-state index in [2.05, 4.69) is 15.0 Å². The monoisotopic (exact) mass is 361 g/mol. The molecule has 0 saturated carbocycles. The van der Waals surface area contributed by atoms with E-state index >= 15 is 0 Å². The van der Waals surface area contributed by atoms with Gasteiger partial charge in [0.2, 0.25) is 0 Å². The second-order valence-electron chi connectivity index (χ2n) is 6.82. The summed E-state index contributed by atoms with van der Waals surface area (Å²) < 4.78 is 1.72. The number of aromatic nitrogens is 3. The largest absolute Gasteiger partial charge is 0.336 e. The average Bonchev–Trinajstić information content (AvgIpc) is 3.11. The standard InChI is InChI=1S/C21H23N5O/c1-24-16-19(20(23-24)17-7-3-2-4-8-17)21(27)26-13-11-25(12-14-26)15-18-9-5-6-10-22-18/h2-10,16H,11-15H2,1H3. The first-order valence-electron chi connectivity index (χ1n) is 9.21. The Labute approximate surface area is 159 Å². The van der Waals surface area contributed by atoms with Crippen molar-refractivity contribution in [3.05, 3.63) is 72.2 Å². The number of rotatable bonds is 4. The van der Waals surface area contributed by atoms with Crippen LogP contribution in [0.3, 0.4) is 0 Å². The highest BCUT2D eigenvalue weighted by Gasteiger charge is 2.26. The van der Waals surface area contributed by atoms with Crippen LogP contribution in [0.5, 0.6) is 0 Å². The van der Waals surface area contributed by atoms with Gasteiger partial charge in [-0.3, -0.25) is 19.4 Å². The summed E-state index contributed by atoms with van der Waals surface area (Å²) in [6.07, 6.45) is 3.65. The summed E-state index contributed by atoms with van der Waals surface area (Å²) in [5.74, 6) is 0.0550. The van der Waals surface area contributed by atoms with Crippen LogP contribution in [0.1, 0.15) is 16.1 Å². The van der Waals surface area contributed by atoms with E-state index in [1.54, 1.807) is 4.68 Å². The fraction of sp³-hybridized carbons (Fsp3) is 0.286. The van der Waals surface area contributed by atoms with Crippen LogP contribution < -0.4 is 0 Å². The Balaban J connectivity index is 1.44. The molecule has 0 atom stereocenters. The van der Waals surface area contributed by atoms with Gasteiger partial charge in [-0.05, 0) is 12.1 Å². The minimum Gasteiger partial charge on any atom is -0.336 e. The normalized spacial score (nSPS) is 15.1. The van der Waals surface area contributed by atoms with Crippen molar-refractivity contribution >= 4 is 5.91 Å². The van der Waals surface area contributed by atoms with Crippen molar-refractivity contribution in [3.8, 4) is 11.3 Å². The van der Waals surface area contributed by atoms with E-state index < -0.39 is 0 Å². The van der Waals surface area contributed by atoms with Gasteiger partial charge < -0.3 is 4.90 Å². The first-order chi connectivity index (χ1) is 13.2. The van der Waals surface area contributed by atoms with Crippen LogP contribution in [0, 0.1) is 0 Å². The van der Waals surface area contributed by atoms with Crippen molar-refractivity contribution in [1.82, 2.24) is 24.6 Å². The lowest BCUT2D eigenvalue weighted by molar-refractivity contribution is 0.0627. The van der Waals surface area contributed by atoms with Crippen molar-refractivity contribution in [2.45, 2.75) is 6.54 Å². The van der Waals surface area contributed by atoms with Gasteiger partial charge in [0, 0.05) is 57.7 Å². The minimum atomic E-state index is 0.0550. The molecule has 1 fully saturated rings. The third-order valence-corrected chi connectivity index (χ3v) is 4.88. The Morgan fingerprint density at radius 3 is 2.44 bits per heavy atom. The topological polar surface area (TPSA) is 54.3 Å². The lowest BCUT2D eigenvalue weighted by Gasteiger charge is -2.34. The highest BCUT2D eigenvalue weighted by molar-refractivity contribution is 5.99. The predicted octanol–water partition coefficient (Wildman–Crippen LogP) is 2.44. The van der Waals surface area contributed by atoms with Crippen molar-refractivity contribution in [2.24, 2.45) is 7.05 Å². The van der Waals surface area contributed by atoms with E-state index in [4.69, 9.17) is 0 Å². The fourth-order valence-corrected chi connectivity index (χ4v) is 3.45. The first-order valence-corrected chi connectivity index (χ1v) is 9.21. The van der Waals surface area contributed by atoms with E-state index in [1.807, 2.05) is 72.9 Å². The Kier molecular flexibility index (Phi) is 4.98. The average molecular weight is 361 g/mol. The summed E-state index contributed by atoms with van der Waals surface area (Å²) in [4.78, 5) is 21.8. The zero-order valence-electron chi connectivity index (χ0n) is 15.5. The molecular formula is C21H23N5O. The Hall–Kier alpha value is -2.99. The van der Waals surface area contributed by atoms with Crippen LogP contribution in [-0.2, 0) is 13.6 Å². The number of nitrogens with zero attached hydrogens (tertiary/aromatic N) is 5. The van der Waals surface area contributed by atoms with Crippen LogP contribution in [0.4, 0.5) is 0 Å². The van der Waals surface area contributed by atoms with Crippen LogP contribution >= 0.6 is 0 Å². The maximum Gasteiger partial charge on any atom is 0.257 e. The van der Waals surface area contributed by atoms with Crippen molar-refractivity contribution in [3.63, 3.8) is 0 Å². The van der Waals surface area contributed by atoms with Gasteiger partial charge in [-0.25, -0.2) is 0 Å². The Bertz CT molecular complexity index is 899. The lowest BCUT2D eigenvalue weighted by atomic mass is 10.1. The zero-order valence-corrected chi connectivity index (χ0v) is 15.5. The van der Waals surface area contributed by atoms with Gasteiger partial charge in [0.25, 0.3) is 5.91 Å². The summed E-state index contributed by atoms with van der Waals surface area (Å²) in [5, 5.41) is 4.52. The molecule has 0 radical (unpaired) electrons. The molecule has 1 aromatic carbocycles. The SMILES string of the molecule is Cn1cc(C(=O)N2CCN(Cc3ccccn3)CC2)c(-c2ccccc2)n1. The van der Waals surface area contributed by atoms with Crippen LogP contribution in [0.2, 0.25) is 0 Å². The molecule has 0 unspecified atom stereocenters. The van der Waals surface area contributed by atoms with Crippen LogP contribution in [0.15, 0.2) is 60.9 Å². The van der Waals surface area contributed by atoms with Gasteiger partial charge in [-0.1, -0.05) is 36.4 Å². The molecule has 0 aliphatic carbocycles. The zero-order chi connectivity index (χ0) is 18.6. The molecule has 1 amide bonds. The number of hydrogen-bond acceptors (Lipinski definition) is 4. The second kappa shape index (κ2) is 7.72. The molecule has 27 heavy (non-hydrogen) atoms. The molecule has 0 N–H and O–H groups in total. The maximum absolute atomic E-state index is 13.1. The van der Waals surface area contributed by atoms with Gasteiger partial charge in [-0.2, -0.15) is 5.10 Å². The van der Waals surface area contributed by atoms with Crippen molar-refractivity contribution in [2.75, 3.05) is 26.2 Å². The molecule has 6 heteroatoms. The number of carbonyl (C=O) groups is 1. The molecule has 138 valence electrons. The smallest absolute Gasteiger partial charge is 0.257 e. The molecule has 3 aromatic rings. The predicted molar refractivity (Wildman–Crippen MR) is 104 cm³/mol. The quantitative estimate of drug-likeness (QED) is 0.716. The van der Waals surface area contributed by atoms with E-state index in [-0.39, 0.29) is 5.91 Å². The third-order valence-electron chi connectivity index (χ3n) is 4.88. The highest BCUT2D eigenvalue weighted by Crippen LogP contribution is 2.23. The van der Waals surface area contributed by atoms with E-state index in [0.717, 1.165) is 49.7 Å². The summed E-state index contributed by atoms with van der Waals surface area (Å²) in [6.45, 7) is 3.96. The third kappa shape index (κ3) is 3.90. The number of amides is 1. The molecular weight excluding hydrogens is 338 g/mol. The molecule has 0 bridgehead atoms. The summed E-state index contributed by atoms with van der Waals surface area (Å²) in [5.41, 5.74) is 3.45. The summed E-state index contributed by atoms with van der Waals surface area (Å²) >= 11 is 0. The molecule has 1 aliphatic heterocycles. The highest BCUT2D eigenvalue weighted by atomic mass is 16.2. The van der Waals surface area contributed by atoms with Gasteiger partial charge in [0.15, 0.2) is 0 Å². The van der Waals surface area contributed by atoms with Gasteiger partial charge in [-0.15, -0.1) is 0 Å². The lowest BCUT2D eigenvalue weighted by Crippen LogP contribution is -2.48. The van der Waals surface area contributed by atoms with E-state index in [9.17, 15) is 4.79 Å². The van der Waals surface area contributed by atoms with Crippen molar-refractivity contribution in [1.29, 1.82) is 0 Å². The molecule has 1 aliphatic rings. The van der Waals surface area contributed by atoms with Crippen LogP contribution in [0.25, 0.3) is 11.3 Å². The van der Waals surface area contributed by atoms with Gasteiger partial charge >= 0.3 is 0 Å². The van der Waals surface area contributed by atoms with Gasteiger partial charge in [0.05, 0.1) is 11.3 Å². The maximum atomic E-state index is 13.1. The summed E-state index contributed by atoms with van der Waals surface area (Å²) in [7, 11) is 1.86. The van der Waals surface area contributed by atoms with Crippen LogP contribution in [-0.4, -0.2) is 56.7 Å². The fourth-order valence-electron chi connectivity index (χ4n) is 3.45. The number of benzene rings is 1. The van der Waals surface area contributed by atoms with E-state index in [0.29, 0.717) is 5.56 Å².